The van der Waals surface area contributed by atoms with Crippen LogP contribution in [-0.4, -0.2) is 23.5 Å². The van der Waals surface area contributed by atoms with Crippen LogP contribution in [0, 0.1) is 0 Å². The van der Waals surface area contributed by atoms with Gasteiger partial charge in [0.2, 0.25) is 0 Å². The summed E-state index contributed by atoms with van der Waals surface area (Å²) < 4.78 is 5.32. The Labute approximate surface area is 151 Å². The highest BCUT2D eigenvalue weighted by atomic mass is 16.5. The van der Waals surface area contributed by atoms with Crippen molar-refractivity contribution in [2.45, 2.75) is 19.3 Å². The number of ether oxygens (including phenoxy) is 1. The number of pyridine rings is 1. The Morgan fingerprint density at radius 2 is 1.77 bits per heavy atom. The van der Waals surface area contributed by atoms with Gasteiger partial charge in [-0.1, -0.05) is 36.4 Å². The Balaban J connectivity index is 1.54. The van der Waals surface area contributed by atoms with Crippen LogP contribution in [0.5, 0.6) is 0 Å². The SMILES string of the molecule is O=C(COC(=O)c1c2c(nc3ccccc13)CCC2)Nc1ccccc1. The van der Waals surface area contributed by atoms with E-state index in [9.17, 15) is 9.59 Å². The molecule has 0 unspecified atom stereocenters. The van der Waals surface area contributed by atoms with Gasteiger partial charge < -0.3 is 10.1 Å². The van der Waals surface area contributed by atoms with Gasteiger partial charge in [0.1, 0.15) is 0 Å². The maximum absolute atomic E-state index is 12.7. The van der Waals surface area contributed by atoms with E-state index in [2.05, 4.69) is 10.3 Å². The Morgan fingerprint density at radius 1 is 1.00 bits per heavy atom. The summed E-state index contributed by atoms with van der Waals surface area (Å²) in [6.45, 7) is -0.320. The maximum Gasteiger partial charge on any atom is 0.339 e. The van der Waals surface area contributed by atoms with Gasteiger partial charge in [0.05, 0.1) is 11.1 Å². The second-order valence-corrected chi connectivity index (χ2v) is 6.27. The van der Waals surface area contributed by atoms with Crippen molar-refractivity contribution in [2.75, 3.05) is 11.9 Å². The molecular weight excluding hydrogens is 328 g/mol. The molecule has 3 aromatic rings. The van der Waals surface area contributed by atoms with Crippen molar-refractivity contribution in [1.29, 1.82) is 0 Å². The average molecular weight is 346 g/mol. The smallest absolute Gasteiger partial charge is 0.339 e. The molecule has 130 valence electrons. The second kappa shape index (κ2) is 6.96. The molecule has 2 aromatic carbocycles. The first-order chi connectivity index (χ1) is 12.7. The second-order valence-electron chi connectivity index (χ2n) is 6.27. The number of amides is 1. The Hall–Kier alpha value is -3.21. The zero-order valence-corrected chi connectivity index (χ0v) is 14.2. The molecule has 0 saturated carbocycles. The molecule has 1 aliphatic carbocycles. The molecule has 1 aliphatic rings. The molecule has 5 heteroatoms. The van der Waals surface area contributed by atoms with E-state index in [1.807, 2.05) is 42.5 Å². The van der Waals surface area contributed by atoms with Crippen molar-refractivity contribution >= 4 is 28.5 Å². The molecule has 0 saturated heterocycles. The third kappa shape index (κ3) is 3.16. The van der Waals surface area contributed by atoms with Crippen LogP contribution in [0.2, 0.25) is 0 Å². The molecule has 5 nitrogen and oxygen atoms in total. The van der Waals surface area contributed by atoms with Crippen molar-refractivity contribution in [3.05, 3.63) is 71.4 Å². The highest BCUT2D eigenvalue weighted by molar-refractivity contribution is 6.06. The van der Waals surface area contributed by atoms with E-state index in [0.717, 1.165) is 41.4 Å². The lowest BCUT2D eigenvalue weighted by Gasteiger charge is -2.12. The number of nitrogens with one attached hydrogen (secondary N) is 1. The Bertz CT molecular complexity index is 983. The number of nitrogens with zero attached hydrogens (tertiary/aromatic N) is 1. The first-order valence-electron chi connectivity index (χ1n) is 8.65. The van der Waals surface area contributed by atoms with E-state index >= 15 is 0 Å². The van der Waals surface area contributed by atoms with Crippen LogP contribution in [0.25, 0.3) is 10.9 Å². The number of carbonyl (C=O) groups is 2. The lowest BCUT2D eigenvalue weighted by Crippen LogP contribution is -2.21. The number of carbonyl (C=O) groups excluding carboxylic acids is 2. The number of esters is 1. The van der Waals surface area contributed by atoms with Crippen molar-refractivity contribution in [1.82, 2.24) is 4.98 Å². The molecule has 0 spiro atoms. The fourth-order valence-electron chi connectivity index (χ4n) is 3.37. The minimum absolute atomic E-state index is 0.320. The number of aryl methyl sites for hydroxylation is 1. The molecule has 0 atom stereocenters. The van der Waals surface area contributed by atoms with Crippen molar-refractivity contribution in [3.63, 3.8) is 0 Å². The summed E-state index contributed by atoms with van der Waals surface area (Å²) in [6.07, 6.45) is 2.66. The van der Waals surface area contributed by atoms with Crippen LogP contribution in [0.15, 0.2) is 54.6 Å². The number of aromatic nitrogens is 1. The minimum Gasteiger partial charge on any atom is -0.452 e. The van der Waals surface area contributed by atoms with E-state index in [0.29, 0.717) is 11.3 Å². The molecule has 0 bridgehead atoms. The summed E-state index contributed by atoms with van der Waals surface area (Å²) in [5.74, 6) is -0.829. The summed E-state index contributed by atoms with van der Waals surface area (Å²) in [7, 11) is 0. The molecule has 4 rings (SSSR count). The lowest BCUT2D eigenvalue weighted by atomic mass is 10.0. The monoisotopic (exact) mass is 346 g/mol. The third-order valence-electron chi connectivity index (χ3n) is 4.52. The van der Waals surface area contributed by atoms with Gasteiger partial charge in [-0.3, -0.25) is 9.78 Å². The highest BCUT2D eigenvalue weighted by Crippen LogP contribution is 2.30. The Kier molecular flexibility index (Phi) is 4.35. The van der Waals surface area contributed by atoms with Crippen LogP contribution in [0.1, 0.15) is 28.0 Å². The number of anilines is 1. The summed E-state index contributed by atoms with van der Waals surface area (Å²) in [5, 5.41) is 3.49. The van der Waals surface area contributed by atoms with E-state index < -0.39 is 5.97 Å². The summed E-state index contributed by atoms with van der Waals surface area (Å²) in [5.41, 5.74) is 3.93. The molecule has 0 aliphatic heterocycles. The summed E-state index contributed by atoms with van der Waals surface area (Å²) >= 11 is 0. The lowest BCUT2D eigenvalue weighted by molar-refractivity contribution is -0.119. The normalized spacial score (nSPS) is 12.6. The third-order valence-corrected chi connectivity index (χ3v) is 4.52. The summed E-state index contributed by atoms with van der Waals surface area (Å²) in [6, 6.07) is 16.6. The van der Waals surface area contributed by atoms with Gasteiger partial charge in [0, 0.05) is 16.8 Å². The van der Waals surface area contributed by atoms with Crippen LogP contribution in [0.4, 0.5) is 5.69 Å². The molecule has 1 amide bonds. The van der Waals surface area contributed by atoms with E-state index in [-0.39, 0.29) is 12.5 Å². The maximum atomic E-state index is 12.7. The zero-order valence-electron chi connectivity index (χ0n) is 14.2. The summed E-state index contributed by atoms with van der Waals surface area (Å²) in [4.78, 5) is 29.5. The van der Waals surface area contributed by atoms with Gasteiger partial charge in [-0.25, -0.2) is 4.79 Å². The first kappa shape index (κ1) is 16.3. The van der Waals surface area contributed by atoms with Crippen LogP contribution in [0.3, 0.4) is 0 Å². The van der Waals surface area contributed by atoms with Crippen LogP contribution >= 0.6 is 0 Å². The predicted octanol–water partition coefficient (Wildman–Crippen LogP) is 3.52. The van der Waals surface area contributed by atoms with E-state index in [1.54, 1.807) is 12.1 Å². The van der Waals surface area contributed by atoms with Crippen molar-refractivity contribution in [3.8, 4) is 0 Å². The van der Waals surface area contributed by atoms with E-state index in [4.69, 9.17) is 4.74 Å². The predicted molar refractivity (Wildman–Crippen MR) is 99.1 cm³/mol. The first-order valence-corrected chi connectivity index (χ1v) is 8.65. The highest BCUT2D eigenvalue weighted by Gasteiger charge is 2.25. The molecule has 1 N–H and O–H groups in total. The number of hydrogen-bond acceptors (Lipinski definition) is 4. The topological polar surface area (TPSA) is 68.3 Å². The molecular formula is C21H18N2O3. The van der Waals surface area contributed by atoms with Gasteiger partial charge in [0.15, 0.2) is 6.61 Å². The quantitative estimate of drug-likeness (QED) is 0.734. The van der Waals surface area contributed by atoms with Gasteiger partial charge in [0.25, 0.3) is 5.91 Å². The van der Waals surface area contributed by atoms with Crippen molar-refractivity contribution < 1.29 is 14.3 Å². The Morgan fingerprint density at radius 3 is 2.62 bits per heavy atom. The molecule has 1 heterocycles. The van der Waals surface area contributed by atoms with Gasteiger partial charge in [-0.2, -0.15) is 0 Å². The molecule has 0 radical (unpaired) electrons. The standard InChI is InChI=1S/C21H18N2O3/c24-19(22-14-7-2-1-3-8-14)13-26-21(25)20-15-9-4-5-11-17(15)23-18-12-6-10-16(18)20/h1-5,7-9,11H,6,10,12-13H2,(H,22,24). The van der Waals surface area contributed by atoms with E-state index in [1.165, 1.54) is 0 Å². The fraction of sp³-hybridized carbons (Fsp3) is 0.190. The molecule has 26 heavy (non-hydrogen) atoms. The molecule has 0 fully saturated rings. The number of rotatable bonds is 4. The molecule has 1 aromatic heterocycles. The van der Waals surface area contributed by atoms with Crippen LogP contribution < -0.4 is 5.32 Å². The zero-order chi connectivity index (χ0) is 17.9. The average Bonchev–Trinajstić information content (AvgIpc) is 3.13. The minimum atomic E-state index is -0.468. The largest absolute Gasteiger partial charge is 0.452 e. The number of benzene rings is 2. The van der Waals surface area contributed by atoms with Gasteiger partial charge in [-0.15, -0.1) is 0 Å². The van der Waals surface area contributed by atoms with Crippen molar-refractivity contribution in [2.24, 2.45) is 0 Å². The number of hydrogen-bond donors (Lipinski definition) is 1. The van der Waals surface area contributed by atoms with Gasteiger partial charge in [-0.05, 0) is 43.0 Å². The number of para-hydroxylation sites is 2. The van der Waals surface area contributed by atoms with Gasteiger partial charge >= 0.3 is 5.97 Å². The fourth-order valence-corrected chi connectivity index (χ4v) is 3.37. The van der Waals surface area contributed by atoms with Crippen LogP contribution in [-0.2, 0) is 22.4 Å². The number of fused-ring (bicyclic) bond motifs is 2.